The van der Waals surface area contributed by atoms with Crippen LogP contribution in [0, 0.1) is 15.9 Å². The van der Waals surface area contributed by atoms with Gasteiger partial charge >= 0.3 is 0 Å². The molecule has 0 saturated carbocycles. The molecule has 6 nitrogen and oxygen atoms in total. The molecule has 0 aliphatic rings. The number of nitrogen functional groups attached to an aromatic ring is 1. The Labute approximate surface area is 77.6 Å². The van der Waals surface area contributed by atoms with Crippen LogP contribution in [-0.4, -0.2) is 10.8 Å². The lowest BCUT2D eigenvalue weighted by Gasteiger charge is -2.00. The summed E-state index contributed by atoms with van der Waals surface area (Å²) in [5.74, 6) is 3.17. The van der Waals surface area contributed by atoms with Gasteiger partial charge in [0.2, 0.25) is 0 Å². The molecule has 1 rings (SSSR count). The van der Waals surface area contributed by atoms with Gasteiger partial charge < -0.3 is 0 Å². The smallest absolute Gasteiger partial charge is 0.285 e. The van der Waals surface area contributed by atoms with E-state index in [4.69, 9.17) is 5.84 Å². The predicted molar refractivity (Wildman–Crippen MR) is 44.7 cm³/mol. The Morgan fingerprint density at radius 3 is 2.71 bits per heavy atom. The molecule has 0 saturated heterocycles. The third kappa shape index (κ3) is 1.83. The molecule has 1 aromatic carbocycles. The van der Waals surface area contributed by atoms with E-state index in [0.29, 0.717) is 6.07 Å². The van der Waals surface area contributed by atoms with E-state index in [1.165, 1.54) is 0 Å². The van der Waals surface area contributed by atoms with Gasteiger partial charge in [-0.1, -0.05) is 0 Å². The molecule has 1 amide bonds. The molecule has 0 atom stereocenters. The van der Waals surface area contributed by atoms with Gasteiger partial charge in [-0.15, -0.1) is 0 Å². The highest BCUT2D eigenvalue weighted by Gasteiger charge is 2.19. The van der Waals surface area contributed by atoms with Crippen molar-refractivity contribution in [2.45, 2.75) is 0 Å². The molecule has 74 valence electrons. The number of amides is 1. The van der Waals surface area contributed by atoms with Crippen LogP contribution in [0.15, 0.2) is 18.2 Å². The lowest BCUT2D eigenvalue weighted by Crippen LogP contribution is -2.30. The monoisotopic (exact) mass is 199 g/mol. The number of nitro benzene ring substituents is 1. The molecule has 0 aliphatic carbocycles. The maximum atomic E-state index is 12.6. The summed E-state index contributed by atoms with van der Waals surface area (Å²) in [7, 11) is 0. The summed E-state index contributed by atoms with van der Waals surface area (Å²) in [4.78, 5) is 20.5. The maximum absolute atomic E-state index is 12.6. The molecule has 0 fully saturated rings. The third-order valence-electron chi connectivity index (χ3n) is 1.53. The fourth-order valence-corrected chi connectivity index (χ4v) is 0.926. The molecule has 14 heavy (non-hydrogen) atoms. The molecule has 0 bridgehead atoms. The second-order valence-electron chi connectivity index (χ2n) is 2.39. The fraction of sp³-hybridized carbons (Fsp3) is 0. The van der Waals surface area contributed by atoms with Gasteiger partial charge in [-0.3, -0.25) is 20.3 Å². The van der Waals surface area contributed by atoms with Crippen LogP contribution in [0.25, 0.3) is 0 Å². The first-order chi connectivity index (χ1) is 6.56. The van der Waals surface area contributed by atoms with E-state index in [0.717, 1.165) is 12.1 Å². The van der Waals surface area contributed by atoms with Crippen LogP contribution in [0.3, 0.4) is 0 Å². The van der Waals surface area contributed by atoms with Crippen molar-refractivity contribution < 1.29 is 14.1 Å². The van der Waals surface area contributed by atoms with Crippen LogP contribution < -0.4 is 11.3 Å². The average molecular weight is 199 g/mol. The first-order valence-electron chi connectivity index (χ1n) is 3.51. The fourth-order valence-electron chi connectivity index (χ4n) is 0.926. The Morgan fingerprint density at radius 2 is 2.21 bits per heavy atom. The number of carbonyl (C=O) groups is 1. The van der Waals surface area contributed by atoms with Gasteiger partial charge in [0.25, 0.3) is 11.6 Å². The highest BCUT2D eigenvalue weighted by molar-refractivity contribution is 5.97. The second kappa shape index (κ2) is 3.79. The minimum atomic E-state index is -0.854. The van der Waals surface area contributed by atoms with Crippen LogP contribution in [0.2, 0.25) is 0 Å². The SMILES string of the molecule is NNC(=O)c1ccc(F)cc1[N+](=O)[O-]. The zero-order valence-electron chi connectivity index (χ0n) is 6.86. The van der Waals surface area contributed by atoms with Crippen molar-refractivity contribution in [1.29, 1.82) is 0 Å². The summed E-state index contributed by atoms with van der Waals surface area (Å²) >= 11 is 0. The van der Waals surface area contributed by atoms with Crippen molar-refractivity contribution in [2.24, 2.45) is 5.84 Å². The van der Waals surface area contributed by atoms with Gasteiger partial charge in [-0.25, -0.2) is 10.2 Å². The number of nitro groups is 1. The van der Waals surface area contributed by atoms with Crippen LogP contribution in [-0.2, 0) is 0 Å². The Bertz CT molecular complexity index is 394. The number of benzene rings is 1. The molecule has 0 heterocycles. The van der Waals surface area contributed by atoms with E-state index < -0.39 is 22.3 Å². The van der Waals surface area contributed by atoms with Crippen molar-refractivity contribution in [3.05, 3.63) is 39.7 Å². The highest BCUT2D eigenvalue weighted by Crippen LogP contribution is 2.19. The molecule has 3 N–H and O–H groups in total. The quantitative estimate of drug-likeness (QED) is 0.310. The molecule has 0 aromatic heterocycles. The average Bonchev–Trinajstić information content (AvgIpc) is 2.16. The number of rotatable bonds is 2. The van der Waals surface area contributed by atoms with Gasteiger partial charge in [0.15, 0.2) is 0 Å². The highest BCUT2D eigenvalue weighted by atomic mass is 19.1. The Hall–Kier alpha value is -2.02. The summed E-state index contributed by atoms with van der Waals surface area (Å²) in [5.41, 5.74) is 0.834. The predicted octanol–water partition coefficient (Wildman–Crippen LogP) is 0.337. The van der Waals surface area contributed by atoms with Crippen molar-refractivity contribution in [3.63, 3.8) is 0 Å². The number of hydrogen-bond acceptors (Lipinski definition) is 4. The van der Waals surface area contributed by atoms with E-state index in [2.05, 4.69) is 0 Å². The van der Waals surface area contributed by atoms with E-state index in [-0.39, 0.29) is 5.56 Å². The molecule has 0 radical (unpaired) electrons. The van der Waals surface area contributed by atoms with Crippen molar-refractivity contribution in [3.8, 4) is 0 Å². The number of carbonyl (C=O) groups excluding carboxylic acids is 1. The lowest BCUT2D eigenvalue weighted by atomic mass is 10.1. The molecule has 0 unspecified atom stereocenters. The Balaban J connectivity index is 3.28. The van der Waals surface area contributed by atoms with Crippen LogP contribution in [0.5, 0.6) is 0 Å². The van der Waals surface area contributed by atoms with E-state index >= 15 is 0 Å². The largest absolute Gasteiger partial charge is 0.290 e. The molecule has 0 spiro atoms. The minimum absolute atomic E-state index is 0.279. The summed E-state index contributed by atoms with van der Waals surface area (Å²) in [5, 5.41) is 10.4. The van der Waals surface area contributed by atoms with Crippen molar-refractivity contribution in [1.82, 2.24) is 5.43 Å². The standard InChI is InChI=1S/C7H6FN3O3/c8-4-1-2-5(7(12)10-9)6(3-4)11(13)14/h1-3H,9H2,(H,10,12). The topological polar surface area (TPSA) is 98.3 Å². The summed E-state index contributed by atoms with van der Waals surface area (Å²) in [6.07, 6.45) is 0. The van der Waals surface area contributed by atoms with Gasteiger partial charge in [-0.2, -0.15) is 0 Å². The molecular weight excluding hydrogens is 193 g/mol. The summed E-state index contributed by atoms with van der Waals surface area (Å²) < 4.78 is 12.6. The van der Waals surface area contributed by atoms with Gasteiger partial charge in [0, 0.05) is 0 Å². The van der Waals surface area contributed by atoms with Crippen molar-refractivity contribution in [2.75, 3.05) is 0 Å². The molecule has 1 aromatic rings. The number of hydrogen-bond donors (Lipinski definition) is 2. The second-order valence-corrected chi connectivity index (χ2v) is 2.39. The number of nitrogens with two attached hydrogens (primary N) is 1. The van der Waals surface area contributed by atoms with Crippen LogP contribution in [0.4, 0.5) is 10.1 Å². The first kappa shape index (κ1) is 10.1. The molecule has 0 aliphatic heterocycles. The zero-order valence-corrected chi connectivity index (χ0v) is 6.86. The lowest BCUT2D eigenvalue weighted by molar-refractivity contribution is -0.385. The number of nitrogens with zero attached hydrogens (tertiary/aromatic N) is 1. The maximum Gasteiger partial charge on any atom is 0.285 e. The minimum Gasteiger partial charge on any atom is -0.290 e. The molecule has 7 heteroatoms. The number of halogens is 1. The zero-order chi connectivity index (χ0) is 10.7. The van der Waals surface area contributed by atoms with E-state index in [1.54, 1.807) is 5.43 Å². The van der Waals surface area contributed by atoms with E-state index in [1.807, 2.05) is 0 Å². The van der Waals surface area contributed by atoms with Gasteiger partial charge in [0.05, 0.1) is 11.0 Å². The summed E-state index contributed by atoms with van der Waals surface area (Å²) in [6, 6.07) is 2.60. The van der Waals surface area contributed by atoms with E-state index in [9.17, 15) is 19.3 Å². The van der Waals surface area contributed by atoms with Gasteiger partial charge in [0.1, 0.15) is 11.4 Å². The van der Waals surface area contributed by atoms with Crippen LogP contribution in [0.1, 0.15) is 10.4 Å². The normalized spacial score (nSPS) is 9.57. The number of hydrazine groups is 1. The van der Waals surface area contributed by atoms with Crippen molar-refractivity contribution >= 4 is 11.6 Å². The first-order valence-corrected chi connectivity index (χ1v) is 3.51. The molecular formula is C7H6FN3O3. The van der Waals surface area contributed by atoms with Crippen LogP contribution >= 0.6 is 0 Å². The number of nitrogens with one attached hydrogen (secondary N) is 1. The Morgan fingerprint density at radius 1 is 1.57 bits per heavy atom. The van der Waals surface area contributed by atoms with Gasteiger partial charge in [-0.05, 0) is 12.1 Å². The third-order valence-corrected chi connectivity index (χ3v) is 1.53. The summed E-state index contributed by atoms with van der Waals surface area (Å²) in [6.45, 7) is 0. The Kier molecular flexibility index (Phi) is 2.73.